The minimum atomic E-state index is -0.104. The first-order valence-corrected chi connectivity index (χ1v) is 9.16. The Morgan fingerprint density at radius 2 is 1.92 bits per heavy atom. The van der Waals surface area contributed by atoms with E-state index in [1.54, 1.807) is 0 Å². The minimum Gasteiger partial charge on any atom is -0.484 e. The number of benzene rings is 2. The van der Waals surface area contributed by atoms with Crippen LogP contribution in [0.3, 0.4) is 0 Å². The van der Waals surface area contributed by atoms with Gasteiger partial charge in [0, 0.05) is 0 Å². The van der Waals surface area contributed by atoms with Crippen LogP contribution in [0, 0.1) is 6.92 Å². The molecule has 138 valence electrons. The average molecular weight is 355 g/mol. The van der Waals surface area contributed by atoms with Crippen molar-refractivity contribution in [2.45, 2.75) is 13.0 Å². The Morgan fingerprint density at radius 1 is 1.15 bits per heavy atom. The van der Waals surface area contributed by atoms with Crippen molar-refractivity contribution >= 4 is 5.91 Å². The molecule has 0 saturated carbocycles. The van der Waals surface area contributed by atoms with E-state index in [9.17, 15) is 4.79 Å². The van der Waals surface area contributed by atoms with E-state index >= 15 is 0 Å². The Kier molecular flexibility index (Phi) is 6.63. The molecule has 1 amide bonds. The fraction of sp³-hybridized carbons (Fsp3) is 0.381. The number of ether oxygens (including phenoxy) is 2. The van der Waals surface area contributed by atoms with Crippen LogP contribution in [0.4, 0.5) is 0 Å². The zero-order valence-electron chi connectivity index (χ0n) is 15.2. The van der Waals surface area contributed by atoms with Crippen molar-refractivity contribution in [3.63, 3.8) is 0 Å². The van der Waals surface area contributed by atoms with Crippen LogP contribution in [0.5, 0.6) is 5.75 Å². The second kappa shape index (κ2) is 9.36. The fourth-order valence-electron chi connectivity index (χ4n) is 3.18. The van der Waals surface area contributed by atoms with Gasteiger partial charge in [0.05, 0.1) is 13.2 Å². The molecule has 2 N–H and O–H groups in total. The van der Waals surface area contributed by atoms with E-state index in [4.69, 9.17) is 9.47 Å². The van der Waals surface area contributed by atoms with Crippen molar-refractivity contribution in [1.82, 2.24) is 5.32 Å². The zero-order valence-corrected chi connectivity index (χ0v) is 15.2. The summed E-state index contributed by atoms with van der Waals surface area (Å²) in [6, 6.07) is 17.8. The first kappa shape index (κ1) is 18.4. The average Bonchev–Trinajstić information content (AvgIpc) is 2.67. The summed E-state index contributed by atoms with van der Waals surface area (Å²) in [6.45, 7) is 6.37. The minimum absolute atomic E-state index is 0.0191. The highest BCUT2D eigenvalue weighted by atomic mass is 16.5. The van der Waals surface area contributed by atoms with Gasteiger partial charge >= 0.3 is 0 Å². The first-order valence-electron chi connectivity index (χ1n) is 9.16. The lowest BCUT2D eigenvalue weighted by molar-refractivity contribution is -0.909. The van der Waals surface area contributed by atoms with Gasteiger partial charge in [-0.3, -0.25) is 4.79 Å². The van der Waals surface area contributed by atoms with Gasteiger partial charge < -0.3 is 19.7 Å². The third kappa shape index (κ3) is 5.58. The summed E-state index contributed by atoms with van der Waals surface area (Å²) in [5.74, 6) is 0.614. The molecule has 5 heteroatoms. The van der Waals surface area contributed by atoms with E-state index in [0.717, 1.165) is 49.7 Å². The van der Waals surface area contributed by atoms with E-state index in [-0.39, 0.29) is 18.6 Å². The lowest BCUT2D eigenvalue weighted by atomic mass is 10.1. The maximum Gasteiger partial charge on any atom is 0.258 e. The second-order valence-electron chi connectivity index (χ2n) is 6.70. The maximum absolute atomic E-state index is 12.5. The molecule has 0 spiro atoms. The van der Waals surface area contributed by atoms with Gasteiger partial charge in [-0.05, 0) is 30.2 Å². The number of quaternary nitrogens is 1. The number of amides is 1. The van der Waals surface area contributed by atoms with Crippen LogP contribution in [-0.2, 0) is 9.53 Å². The fourth-order valence-corrected chi connectivity index (χ4v) is 3.18. The molecule has 1 fully saturated rings. The standard InChI is InChI=1S/C21H26N2O3/c1-17-6-5-9-19(14-17)26-16-21(24)22-20(18-7-3-2-4-8-18)15-23-10-12-25-13-11-23/h2-9,14,20H,10-13,15-16H2,1H3,(H,22,24)/p+1/t20-/m0/s1. The van der Waals surface area contributed by atoms with E-state index in [2.05, 4.69) is 17.4 Å². The van der Waals surface area contributed by atoms with E-state index in [1.165, 1.54) is 4.90 Å². The van der Waals surface area contributed by atoms with E-state index < -0.39 is 0 Å². The van der Waals surface area contributed by atoms with Crippen molar-refractivity contribution in [2.24, 2.45) is 0 Å². The Hall–Kier alpha value is -2.37. The summed E-state index contributed by atoms with van der Waals surface area (Å²) in [7, 11) is 0. The number of carbonyl (C=O) groups is 1. The highest BCUT2D eigenvalue weighted by molar-refractivity contribution is 5.78. The smallest absolute Gasteiger partial charge is 0.258 e. The Balaban J connectivity index is 1.59. The molecule has 2 aromatic carbocycles. The molecule has 5 nitrogen and oxygen atoms in total. The summed E-state index contributed by atoms with van der Waals surface area (Å²) in [4.78, 5) is 13.9. The molecule has 3 rings (SSSR count). The summed E-state index contributed by atoms with van der Waals surface area (Å²) in [6.07, 6.45) is 0. The number of hydrogen-bond donors (Lipinski definition) is 2. The number of morpholine rings is 1. The summed E-state index contributed by atoms with van der Waals surface area (Å²) in [5.41, 5.74) is 2.23. The molecule has 1 aliphatic heterocycles. The Bertz CT molecular complexity index is 699. The summed E-state index contributed by atoms with van der Waals surface area (Å²) in [5, 5.41) is 3.14. The molecular formula is C21H27N2O3+. The maximum atomic E-state index is 12.5. The van der Waals surface area contributed by atoms with Crippen LogP contribution in [-0.4, -0.2) is 45.4 Å². The molecule has 0 unspecified atom stereocenters. The van der Waals surface area contributed by atoms with Crippen LogP contribution in [0.25, 0.3) is 0 Å². The topological polar surface area (TPSA) is 52.0 Å². The van der Waals surface area contributed by atoms with Crippen molar-refractivity contribution in [3.8, 4) is 5.75 Å². The van der Waals surface area contributed by atoms with Gasteiger partial charge in [0.2, 0.25) is 0 Å². The van der Waals surface area contributed by atoms with Gasteiger partial charge in [-0.15, -0.1) is 0 Å². The molecule has 0 bridgehead atoms. The van der Waals surface area contributed by atoms with Crippen molar-refractivity contribution < 1.29 is 19.2 Å². The second-order valence-corrected chi connectivity index (χ2v) is 6.70. The lowest BCUT2D eigenvalue weighted by Crippen LogP contribution is -3.14. The van der Waals surface area contributed by atoms with Gasteiger partial charge in [0.25, 0.3) is 5.91 Å². The molecule has 1 aliphatic rings. The van der Waals surface area contributed by atoms with Gasteiger partial charge in [-0.2, -0.15) is 0 Å². The van der Waals surface area contributed by atoms with Crippen LogP contribution < -0.4 is 15.0 Å². The predicted molar refractivity (Wildman–Crippen MR) is 100 cm³/mol. The lowest BCUT2D eigenvalue weighted by Gasteiger charge is -2.28. The van der Waals surface area contributed by atoms with Crippen molar-refractivity contribution in [1.29, 1.82) is 0 Å². The van der Waals surface area contributed by atoms with E-state index in [1.807, 2.05) is 49.4 Å². The van der Waals surface area contributed by atoms with Gasteiger partial charge in [-0.25, -0.2) is 0 Å². The number of nitrogens with one attached hydrogen (secondary N) is 2. The highest BCUT2D eigenvalue weighted by Gasteiger charge is 2.23. The largest absolute Gasteiger partial charge is 0.484 e. The third-order valence-corrected chi connectivity index (χ3v) is 4.59. The Morgan fingerprint density at radius 3 is 2.65 bits per heavy atom. The van der Waals surface area contributed by atoms with Gasteiger partial charge in [-0.1, -0.05) is 42.5 Å². The monoisotopic (exact) mass is 355 g/mol. The SMILES string of the molecule is Cc1cccc(OCC(=O)N[C@@H](C[NH+]2CCOCC2)c2ccccc2)c1. The van der Waals surface area contributed by atoms with Crippen LogP contribution in [0.2, 0.25) is 0 Å². The number of rotatable bonds is 7. The molecule has 0 radical (unpaired) electrons. The van der Waals surface area contributed by atoms with Gasteiger partial charge in [0.1, 0.15) is 31.4 Å². The molecule has 2 aromatic rings. The summed E-state index contributed by atoms with van der Waals surface area (Å²) < 4.78 is 11.1. The normalized spacial score (nSPS) is 16.0. The Labute approximate surface area is 154 Å². The zero-order chi connectivity index (χ0) is 18.2. The van der Waals surface area contributed by atoms with Crippen LogP contribution in [0.1, 0.15) is 17.2 Å². The van der Waals surface area contributed by atoms with Crippen molar-refractivity contribution in [3.05, 3.63) is 65.7 Å². The highest BCUT2D eigenvalue weighted by Crippen LogP contribution is 2.13. The first-order chi connectivity index (χ1) is 12.7. The van der Waals surface area contributed by atoms with Crippen molar-refractivity contribution in [2.75, 3.05) is 39.5 Å². The molecule has 1 atom stereocenters. The quantitative estimate of drug-likeness (QED) is 0.783. The van der Waals surface area contributed by atoms with E-state index in [0.29, 0.717) is 0 Å². The summed E-state index contributed by atoms with van der Waals surface area (Å²) >= 11 is 0. The molecule has 26 heavy (non-hydrogen) atoms. The number of aryl methyl sites for hydroxylation is 1. The molecule has 1 saturated heterocycles. The third-order valence-electron chi connectivity index (χ3n) is 4.59. The predicted octanol–water partition coefficient (Wildman–Crippen LogP) is 1.15. The van der Waals surface area contributed by atoms with Gasteiger partial charge in [0.15, 0.2) is 6.61 Å². The number of carbonyl (C=O) groups excluding carboxylic acids is 1. The van der Waals surface area contributed by atoms with Crippen LogP contribution >= 0.6 is 0 Å². The molecule has 0 aliphatic carbocycles. The molecular weight excluding hydrogens is 328 g/mol. The molecule has 0 aromatic heterocycles. The molecule has 1 heterocycles. The number of hydrogen-bond acceptors (Lipinski definition) is 3. The van der Waals surface area contributed by atoms with Crippen LogP contribution in [0.15, 0.2) is 54.6 Å².